The number of carbonyl (C=O) groups excluding carboxylic acids is 2. The van der Waals surface area contributed by atoms with E-state index in [1.165, 1.54) is 0 Å². The topological polar surface area (TPSA) is 75.6 Å². The molecular weight excluding hydrogens is 270 g/mol. The Morgan fingerprint density at radius 1 is 1.29 bits per heavy atom. The molecule has 0 aromatic carbocycles. The summed E-state index contributed by atoms with van der Waals surface area (Å²) in [6.45, 7) is 4.98. The molecule has 0 aliphatic heterocycles. The highest BCUT2D eigenvalue weighted by Crippen LogP contribution is 2.58. The van der Waals surface area contributed by atoms with Gasteiger partial charge >= 0.3 is 5.97 Å². The quantitative estimate of drug-likeness (QED) is 0.605. The molecule has 0 spiro atoms. The fraction of sp³-hybridized carbons (Fsp3) is 0.750. The molecule has 2 unspecified atom stereocenters. The molecule has 4 fully saturated rings. The first-order valence-corrected chi connectivity index (χ1v) is 7.67. The van der Waals surface area contributed by atoms with Crippen LogP contribution in [0.15, 0.2) is 12.2 Å². The molecular formula is C16H23NO4. The van der Waals surface area contributed by atoms with Crippen LogP contribution < -0.4 is 5.32 Å². The Morgan fingerprint density at radius 3 is 2.43 bits per heavy atom. The van der Waals surface area contributed by atoms with E-state index in [1.54, 1.807) is 6.92 Å². The Bertz CT molecular complexity index is 485. The Balaban J connectivity index is 1.61. The molecule has 4 saturated carbocycles. The number of amides is 1. The van der Waals surface area contributed by atoms with Gasteiger partial charge in [-0.3, -0.25) is 9.59 Å². The van der Waals surface area contributed by atoms with Crippen LogP contribution in [-0.4, -0.2) is 34.7 Å². The molecule has 2 atom stereocenters. The Labute approximate surface area is 124 Å². The number of ether oxygens (including phenoxy) is 1. The predicted octanol–water partition coefficient (Wildman–Crippen LogP) is 1.31. The van der Waals surface area contributed by atoms with Crippen molar-refractivity contribution in [2.24, 2.45) is 11.8 Å². The fourth-order valence-corrected chi connectivity index (χ4v) is 4.83. The van der Waals surface area contributed by atoms with Gasteiger partial charge in [0.25, 0.3) is 0 Å². The van der Waals surface area contributed by atoms with Crippen molar-refractivity contribution in [3.05, 3.63) is 12.2 Å². The van der Waals surface area contributed by atoms with Gasteiger partial charge in [-0.1, -0.05) is 6.58 Å². The maximum absolute atomic E-state index is 12.0. The molecule has 0 radical (unpaired) electrons. The highest BCUT2D eigenvalue weighted by molar-refractivity contribution is 5.94. The van der Waals surface area contributed by atoms with Gasteiger partial charge in [0, 0.05) is 12.0 Å². The smallest absolute Gasteiger partial charge is 0.325 e. The monoisotopic (exact) mass is 293 g/mol. The largest absolute Gasteiger partial charge is 0.458 e. The molecule has 2 N–H and O–H groups in total. The Hall–Kier alpha value is -1.36. The normalized spacial score (nSPS) is 39.9. The van der Waals surface area contributed by atoms with Crippen LogP contribution in [0.2, 0.25) is 0 Å². The SMILES string of the molecule is C=C(C)C(=O)NCC(=O)OC12CC3CC(CC(O)(C3)C1)C2. The lowest BCUT2D eigenvalue weighted by molar-refractivity contribution is -0.219. The van der Waals surface area contributed by atoms with Crippen molar-refractivity contribution >= 4 is 11.9 Å². The summed E-state index contributed by atoms with van der Waals surface area (Å²) in [5.41, 5.74) is -0.790. The van der Waals surface area contributed by atoms with Crippen LogP contribution in [0.1, 0.15) is 45.4 Å². The summed E-state index contributed by atoms with van der Waals surface area (Å²) < 4.78 is 5.70. The Morgan fingerprint density at radius 2 is 1.90 bits per heavy atom. The molecule has 21 heavy (non-hydrogen) atoms. The molecule has 1 amide bonds. The van der Waals surface area contributed by atoms with Gasteiger partial charge in [-0.05, 0) is 50.9 Å². The summed E-state index contributed by atoms with van der Waals surface area (Å²) in [7, 11) is 0. The van der Waals surface area contributed by atoms with E-state index in [0.29, 0.717) is 23.8 Å². The van der Waals surface area contributed by atoms with Gasteiger partial charge in [-0.15, -0.1) is 0 Å². The van der Waals surface area contributed by atoms with Crippen LogP contribution in [-0.2, 0) is 14.3 Å². The van der Waals surface area contributed by atoms with Gasteiger partial charge in [0.1, 0.15) is 12.1 Å². The zero-order chi connectivity index (χ0) is 15.3. The van der Waals surface area contributed by atoms with E-state index in [1.807, 2.05) is 0 Å². The summed E-state index contributed by atoms with van der Waals surface area (Å²) in [5.74, 6) is 0.175. The molecule has 4 bridgehead atoms. The van der Waals surface area contributed by atoms with E-state index in [2.05, 4.69) is 11.9 Å². The number of rotatable bonds is 4. The zero-order valence-electron chi connectivity index (χ0n) is 12.5. The second-order valence-electron chi connectivity index (χ2n) is 7.31. The van der Waals surface area contributed by atoms with E-state index >= 15 is 0 Å². The minimum absolute atomic E-state index is 0.138. The summed E-state index contributed by atoms with van der Waals surface area (Å²) in [6.07, 6.45) is 5.09. The molecule has 0 saturated heterocycles. The number of aliphatic hydroxyl groups is 1. The highest BCUT2D eigenvalue weighted by atomic mass is 16.6. The van der Waals surface area contributed by atoms with Crippen molar-refractivity contribution in [3.63, 3.8) is 0 Å². The van der Waals surface area contributed by atoms with Crippen molar-refractivity contribution in [3.8, 4) is 0 Å². The first-order chi connectivity index (χ1) is 9.79. The molecule has 0 heterocycles. The van der Waals surface area contributed by atoms with Crippen molar-refractivity contribution in [1.29, 1.82) is 0 Å². The molecule has 0 aromatic heterocycles. The van der Waals surface area contributed by atoms with Crippen molar-refractivity contribution in [2.75, 3.05) is 6.54 Å². The summed E-state index contributed by atoms with van der Waals surface area (Å²) in [4.78, 5) is 23.4. The number of carbonyl (C=O) groups is 2. The van der Waals surface area contributed by atoms with Crippen molar-refractivity contribution < 1.29 is 19.4 Å². The second-order valence-corrected chi connectivity index (χ2v) is 7.31. The Kier molecular flexibility index (Phi) is 3.35. The number of hydrogen-bond acceptors (Lipinski definition) is 4. The number of hydrogen-bond donors (Lipinski definition) is 2. The summed E-state index contributed by atoms with van der Waals surface area (Å²) >= 11 is 0. The van der Waals surface area contributed by atoms with Gasteiger partial charge in [-0.2, -0.15) is 0 Å². The van der Waals surface area contributed by atoms with E-state index in [-0.39, 0.29) is 12.5 Å². The van der Waals surface area contributed by atoms with Crippen LogP contribution in [0.4, 0.5) is 0 Å². The lowest BCUT2D eigenvalue weighted by Crippen LogP contribution is -2.60. The van der Waals surface area contributed by atoms with Gasteiger partial charge in [-0.25, -0.2) is 0 Å². The van der Waals surface area contributed by atoms with Crippen molar-refractivity contribution in [1.82, 2.24) is 5.32 Å². The van der Waals surface area contributed by atoms with E-state index in [9.17, 15) is 14.7 Å². The lowest BCUT2D eigenvalue weighted by Gasteiger charge is -2.59. The highest BCUT2D eigenvalue weighted by Gasteiger charge is 2.59. The average molecular weight is 293 g/mol. The third-order valence-corrected chi connectivity index (χ3v) is 5.09. The van der Waals surface area contributed by atoms with Gasteiger partial charge in [0.2, 0.25) is 5.91 Å². The van der Waals surface area contributed by atoms with Crippen LogP contribution >= 0.6 is 0 Å². The average Bonchev–Trinajstić information content (AvgIpc) is 2.31. The summed E-state index contributed by atoms with van der Waals surface area (Å²) in [6, 6.07) is 0. The van der Waals surface area contributed by atoms with E-state index < -0.39 is 17.2 Å². The molecule has 116 valence electrons. The second kappa shape index (κ2) is 4.83. The zero-order valence-corrected chi connectivity index (χ0v) is 12.5. The first kappa shape index (κ1) is 14.6. The van der Waals surface area contributed by atoms with Crippen LogP contribution in [0.5, 0.6) is 0 Å². The van der Waals surface area contributed by atoms with Crippen LogP contribution in [0.25, 0.3) is 0 Å². The molecule has 4 aliphatic rings. The van der Waals surface area contributed by atoms with Gasteiger partial charge < -0.3 is 15.2 Å². The standard InChI is InChI=1S/C16H23NO4/c1-10(2)14(19)17-8-13(18)21-16-6-11-3-12(7-16)5-15(20,4-11)9-16/h11-12,20H,1,3-9H2,2H3,(H,17,19). The molecule has 5 heteroatoms. The van der Waals surface area contributed by atoms with E-state index in [4.69, 9.17) is 4.74 Å². The minimum atomic E-state index is -0.648. The maximum Gasteiger partial charge on any atom is 0.325 e. The van der Waals surface area contributed by atoms with Gasteiger partial charge in [0.05, 0.1) is 5.60 Å². The number of nitrogens with one attached hydrogen (secondary N) is 1. The van der Waals surface area contributed by atoms with Gasteiger partial charge in [0.15, 0.2) is 0 Å². The van der Waals surface area contributed by atoms with Crippen LogP contribution in [0.3, 0.4) is 0 Å². The van der Waals surface area contributed by atoms with Crippen molar-refractivity contribution in [2.45, 2.75) is 56.7 Å². The molecule has 5 nitrogen and oxygen atoms in total. The summed E-state index contributed by atoms with van der Waals surface area (Å²) in [5, 5.41) is 13.1. The minimum Gasteiger partial charge on any atom is -0.458 e. The predicted molar refractivity (Wildman–Crippen MR) is 76.3 cm³/mol. The molecule has 4 aliphatic carbocycles. The maximum atomic E-state index is 12.0. The molecule has 4 rings (SSSR count). The molecule has 0 aromatic rings. The first-order valence-electron chi connectivity index (χ1n) is 7.67. The lowest BCUT2D eigenvalue weighted by atomic mass is 9.52. The van der Waals surface area contributed by atoms with E-state index in [0.717, 1.165) is 32.1 Å². The third kappa shape index (κ3) is 2.84. The number of esters is 1. The third-order valence-electron chi connectivity index (χ3n) is 5.09. The van der Waals surface area contributed by atoms with Crippen LogP contribution in [0, 0.1) is 11.8 Å². The fourth-order valence-electron chi connectivity index (χ4n) is 4.83.